The van der Waals surface area contributed by atoms with Gasteiger partial charge in [0.2, 0.25) is 0 Å². The predicted molar refractivity (Wildman–Crippen MR) is 341 cm³/mol. The number of rotatable bonds is 58. The molecule has 9 nitrogen and oxygen atoms in total. The fourth-order valence-electron chi connectivity index (χ4n) is 8.59. The second-order valence-corrected chi connectivity index (χ2v) is 23.8. The summed E-state index contributed by atoms with van der Waals surface area (Å²) in [7, 11) is 1.14. The third kappa shape index (κ3) is 63.6. The molecule has 2 unspecified atom stereocenters. The van der Waals surface area contributed by atoms with Crippen molar-refractivity contribution in [2.24, 2.45) is 0 Å². The maximum atomic E-state index is 12.8. The number of esters is 2. The molecular formula is C70H120NO8P. The van der Waals surface area contributed by atoms with E-state index in [9.17, 15) is 19.0 Å². The monoisotopic (exact) mass is 1130 g/mol. The van der Waals surface area contributed by atoms with Crippen LogP contribution in [0.2, 0.25) is 0 Å². The molecule has 0 aliphatic carbocycles. The quantitative estimate of drug-likeness (QED) is 0.0195. The van der Waals surface area contributed by atoms with Crippen molar-refractivity contribution in [2.75, 3.05) is 47.5 Å². The summed E-state index contributed by atoms with van der Waals surface area (Å²) < 4.78 is 34.1. The first kappa shape index (κ1) is 76.4. The number of phosphoric acid groups is 1. The van der Waals surface area contributed by atoms with Crippen molar-refractivity contribution in [3.63, 3.8) is 0 Å². The minimum absolute atomic E-state index is 0.0410. The van der Waals surface area contributed by atoms with E-state index in [4.69, 9.17) is 18.5 Å². The van der Waals surface area contributed by atoms with Gasteiger partial charge in [0.05, 0.1) is 27.7 Å². The van der Waals surface area contributed by atoms with Crippen LogP contribution in [0.1, 0.15) is 258 Å². The van der Waals surface area contributed by atoms with Gasteiger partial charge in [-0.1, -0.05) is 264 Å². The smallest absolute Gasteiger partial charge is 0.306 e. The molecule has 2 atom stereocenters. The summed E-state index contributed by atoms with van der Waals surface area (Å²) in [5, 5.41) is 0. The van der Waals surface area contributed by atoms with E-state index in [-0.39, 0.29) is 26.1 Å². The highest BCUT2D eigenvalue weighted by molar-refractivity contribution is 7.45. The molecule has 0 heterocycles. The Kier molecular flexibility index (Phi) is 57.3. The molecule has 0 aromatic carbocycles. The zero-order chi connectivity index (χ0) is 58.4. The van der Waals surface area contributed by atoms with Gasteiger partial charge < -0.3 is 27.9 Å². The molecule has 80 heavy (non-hydrogen) atoms. The Balaban J connectivity index is 3.95. The number of unbranched alkanes of at least 4 members (excludes halogenated alkanes) is 24. The maximum Gasteiger partial charge on any atom is 0.306 e. The van der Waals surface area contributed by atoms with Gasteiger partial charge in [-0.05, 0) is 103 Å². The first-order valence-electron chi connectivity index (χ1n) is 32.2. The van der Waals surface area contributed by atoms with Gasteiger partial charge in [-0.15, -0.1) is 0 Å². The van der Waals surface area contributed by atoms with E-state index >= 15 is 0 Å². The van der Waals surface area contributed by atoms with Gasteiger partial charge in [-0.2, -0.15) is 0 Å². The van der Waals surface area contributed by atoms with Crippen LogP contribution in [0.3, 0.4) is 0 Å². The topological polar surface area (TPSA) is 111 Å². The molecular weight excluding hydrogens is 1010 g/mol. The number of carbonyl (C=O) groups excluding carboxylic acids is 2. The zero-order valence-corrected chi connectivity index (χ0v) is 52.9. The molecule has 0 saturated heterocycles. The third-order valence-electron chi connectivity index (χ3n) is 13.5. The Morgan fingerprint density at radius 3 is 1.02 bits per heavy atom. The van der Waals surface area contributed by atoms with E-state index in [1.54, 1.807) is 0 Å². The van der Waals surface area contributed by atoms with Gasteiger partial charge in [0.25, 0.3) is 7.82 Å². The molecule has 0 bridgehead atoms. The standard InChI is InChI=1S/C70H120NO8P/c1-6-8-10-12-14-16-18-20-22-23-24-25-26-27-28-29-30-31-32-33-34-35-36-37-38-39-40-41-42-43-44-45-46-47-49-51-53-55-57-59-61-63-70(73)79-68(67-78-80(74,75)77-65-64-71(3,4)5)66-76-69(72)62-60-58-56-54-52-50-48-21-19-17-15-13-11-9-7-2/h8-11,14-17,20-22,24-25,27-28,30-31,48,52,54,68H,6-7,12-13,18-19,23,26,29,32-47,49-51,53,55-67H2,1-5H3/b10-8-,11-9-,16-14-,17-15-,22-20-,25-24-,28-27-,31-30-,48-21-,54-52-. The van der Waals surface area contributed by atoms with E-state index in [0.29, 0.717) is 23.9 Å². The number of carbonyl (C=O) groups is 2. The summed E-state index contributed by atoms with van der Waals surface area (Å²) in [5.74, 6) is -0.881. The molecule has 0 aromatic heterocycles. The average Bonchev–Trinajstić information content (AvgIpc) is 3.42. The zero-order valence-electron chi connectivity index (χ0n) is 52.0. The van der Waals surface area contributed by atoms with Gasteiger partial charge in [0.15, 0.2) is 6.10 Å². The summed E-state index contributed by atoms with van der Waals surface area (Å²) in [6, 6.07) is 0. The lowest BCUT2D eigenvalue weighted by Crippen LogP contribution is -2.37. The van der Waals surface area contributed by atoms with Crippen LogP contribution < -0.4 is 4.89 Å². The summed E-state index contributed by atoms with van der Waals surface area (Å²) in [4.78, 5) is 37.8. The first-order valence-corrected chi connectivity index (χ1v) is 33.7. The Morgan fingerprint density at radius 2 is 0.675 bits per heavy atom. The van der Waals surface area contributed by atoms with E-state index < -0.39 is 32.5 Å². The summed E-state index contributed by atoms with van der Waals surface area (Å²) in [6.07, 6.45) is 85.8. The molecule has 0 aliphatic heterocycles. The molecule has 0 radical (unpaired) electrons. The number of hydrogen-bond acceptors (Lipinski definition) is 8. The van der Waals surface area contributed by atoms with Gasteiger partial charge in [0, 0.05) is 12.8 Å². The lowest BCUT2D eigenvalue weighted by Gasteiger charge is -2.28. The summed E-state index contributed by atoms with van der Waals surface area (Å²) >= 11 is 0. The van der Waals surface area contributed by atoms with Crippen LogP contribution in [-0.4, -0.2) is 70.0 Å². The number of likely N-dealkylation sites (N-methyl/N-ethyl adjacent to an activating group) is 1. The Hall–Kier alpha value is -3.59. The molecule has 0 spiro atoms. The number of phosphoric ester groups is 1. The number of ether oxygens (including phenoxy) is 2. The molecule has 0 saturated carbocycles. The second kappa shape index (κ2) is 60.0. The maximum absolute atomic E-state index is 12.8. The minimum atomic E-state index is -4.65. The van der Waals surface area contributed by atoms with Gasteiger partial charge >= 0.3 is 11.9 Å². The van der Waals surface area contributed by atoms with Crippen LogP contribution in [0, 0.1) is 0 Å². The Morgan fingerprint density at radius 1 is 0.388 bits per heavy atom. The molecule has 0 aromatic rings. The van der Waals surface area contributed by atoms with Gasteiger partial charge in [-0.3, -0.25) is 14.2 Å². The molecule has 10 heteroatoms. The SMILES string of the molecule is CC/C=C\C/C=C\C/C=C\C/C=C\C/C=C\C/C=C\CCCCCCCCCCCCCCCCCCCCCCCCC(=O)OC(COC(=O)CCCC/C=C\C/C=C\C/C=C\C/C=C\CC)COP(=O)([O-])OCC[N+](C)(C)C. The van der Waals surface area contributed by atoms with Crippen LogP contribution in [-0.2, 0) is 32.7 Å². The van der Waals surface area contributed by atoms with Crippen LogP contribution in [0.15, 0.2) is 122 Å². The minimum Gasteiger partial charge on any atom is -0.756 e. The predicted octanol–water partition coefficient (Wildman–Crippen LogP) is 20.1. The number of allylic oxidation sites excluding steroid dienone is 20. The van der Waals surface area contributed by atoms with E-state index in [2.05, 4.69) is 135 Å². The highest BCUT2D eigenvalue weighted by Gasteiger charge is 2.22. The Bertz CT molecular complexity index is 1760. The molecule has 0 N–H and O–H groups in total. The van der Waals surface area contributed by atoms with Crippen molar-refractivity contribution in [1.29, 1.82) is 0 Å². The lowest BCUT2D eigenvalue weighted by atomic mass is 10.0. The van der Waals surface area contributed by atoms with Crippen LogP contribution >= 0.6 is 7.82 Å². The van der Waals surface area contributed by atoms with Crippen LogP contribution in [0.25, 0.3) is 0 Å². The van der Waals surface area contributed by atoms with Crippen molar-refractivity contribution >= 4 is 19.8 Å². The van der Waals surface area contributed by atoms with E-state index in [1.807, 2.05) is 21.1 Å². The van der Waals surface area contributed by atoms with Crippen molar-refractivity contribution in [1.82, 2.24) is 0 Å². The Labute approximate surface area is 492 Å². The van der Waals surface area contributed by atoms with E-state index in [0.717, 1.165) is 96.3 Å². The third-order valence-corrected chi connectivity index (χ3v) is 14.4. The number of nitrogens with zero attached hydrogens (tertiary/aromatic N) is 1. The van der Waals surface area contributed by atoms with Crippen LogP contribution in [0.4, 0.5) is 0 Å². The van der Waals surface area contributed by atoms with Gasteiger partial charge in [0.1, 0.15) is 19.8 Å². The lowest BCUT2D eigenvalue weighted by molar-refractivity contribution is -0.870. The fraction of sp³-hybridized carbons (Fsp3) is 0.686. The number of quaternary nitrogens is 1. The van der Waals surface area contributed by atoms with Gasteiger partial charge in [-0.25, -0.2) is 0 Å². The fourth-order valence-corrected chi connectivity index (χ4v) is 9.32. The van der Waals surface area contributed by atoms with Crippen molar-refractivity contribution in [3.05, 3.63) is 122 Å². The van der Waals surface area contributed by atoms with Crippen molar-refractivity contribution in [3.8, 4) is 0 Å². The number of hydrogen-bond donors (Lipinski definition) is 0. The molecule has 458 valence electrons. The average molecular weight is 1130 g/mol. The summed E-state index contributed by atoms with van der Waals surface area (Å²) in [6.45, 7) is 3.96. The molecule has 0 amide bonds. The summed E-state index contributed by atoms with van der Waals surface area (Å²) in [5.41, 5.74) is 0. The highest BCUT2D eigenvalue weighted by atomic mass is 31.2. The first-order chi connectivity index (χ1) is 39.0. The largest absolute Gasteiger partial charge is 0.756 e. The van der Waals surface area contributed by atoms with Crippen LogP contribution in [0.5, 0.6) is 0 Å². The normalized spacial score (nSPS) is 14.0. The second-order valence-electron chi connectivity index (χ2n) is 22.4. The van der Waals surface area contributed by atoms with Crippen molar-refractivity contribution < 1.29 is 42.1 Å². The highest BCUT2D eigenvalue weighted by Crippen LogP contribution is 2.38. The van der Waals surface area contributed by atoms with E-state index in [1.165, 1.54) is 122 Å². The molecule has 0 fully saturated rings. The molecule has 0 aliphatic rings. The van der Waals surface area contributed by atoms with Crippen molar-refractivity contribution in [2.45, 2.75) is 264 Å². The molecule has 0 rings (SSSR count).